The molecule has 0 saturated heterocycles. The second-order valence-corrected chi connectivity index (χ2v) is 6.99. The van der Waals surface area contributed by atoms with E-state index in [0.717, 1.165) is 32.0 Å². The minimum atomic E-state index is -0.582. The Morgan fingerprint density at radius 2 is 1.73 bits per heavy atom. The van der Waals surface area contributed by atoms with Crippen molar-refractivity contribution in [1.82, 2.24) is 4.98 Å². The van der Waals surface area contributed by atoms with Crippen molar-refractivity contribution in [2.24, 2.45) is 5.73 Å². The Balaban J connectivity index is 1.65. The molecule has 0 saturated carbocycles. The van der Waals surface area contributed by atoms with Gasteiger partial charge in [0.2, 0.25) is 5.91 Å². The predicted octanol–water partition coefficient (Wildman–Crippen LogP) is 4.60. The van der Waals surface area contributed by atoms with Crippen LogP contribution in [0.25, 0.3) is 20.8 Å². The lowest BCUT2D eigenvalue weighted by Crippen LogP contribution is -2.27. The third-order valence-electron chi connectivity index (χ3n) is 4.13. The molecule has 128 valence electrons. The van der Waals surface area contributed by atoms with Gasteiger partial charge in [-0.05, 0) is 29.8 Å². The highest BCUT2D eigenvalue weighted by Gasteiger charge is 2.17. The quantitative estimate of drug-likeness (QED) is 0.547. The number of para-hydroxylation sites is 1. The zero-order valence-electron chi connectivity index (χ0n) is 13.9. The monoisotopic (exact) mass is 359 g/mol. The Hall–Kier alpha value is -3.18. The van der Waals surface area contributed by atoms with Gasteiger partial charge in [-0.15, -0.1) is 11.3 Å². The van der Waals surface area contributed by atoms with Crippen molar-refractivity contribution in [3.8, 4) is 10.6 Å². The van der Waals surface area contributed by atoms with Crippen LogP contribution in [0.5, 0.6) is 0 Å². The van der Waals surface area contributed by atoms with Crippen molar-refractivity contribution in [3.05, 3.63) is 84.4 Å². The maximum absolute atomic E-state index is 11.9. The molecule has 0 unspecified atom stereocenters. The molecule has 4 aromatic rings. The maximum atomic E-state index is 11.9. The Kier molecular flexibility index (Phi) is 4.37. The Morgan fingerprint density at radius 3 is 2.50 bits per heavy atom. The molecule has 3 N–H and O–H groups in total. The van der Waals surface area contributed by atoms with Crippen molar-refractivity contribution in [3.63, 3.8) is 0 Å². The first-order valence-corrected chi connectivity index (χ1v) is 9.09. The molecule has 0 spiro atoms. The van der Waals surface area contributed by atoms with Gasteiger partial charge in [-0.1, -0.05) is 54.6 Å². The molecule has 4 rings (SSSR count). The topological polar surface area (TPSA) is 68.0 Å². The van der Waals surface area contributed by atoms with E-state index in [1.165, 1.54) is 0 Å². The molecule has 3 aromatic carbocycles. The fourth-order valence-electron chi connectivity index (χ4n) is 2.87. The highest BCUT2D eigenvalue weighted by Crippen LogP contribution is 2.32. The van der Waals surface area contributed by atoms with Crippen LogP contribution in [-0.4, -0.2) is 10.9 Å². The van der Waals surface area contributed by atoms with Crippen LogP contribution in [0.4, 0.5) is 5.69 Å². The first-order chi connectivity index (χ1) is 12.7. The van der Waals surface area contributed by atoms with E-state index in [4.69, 9.17) is 10.7 Å². The van der Waals surface area contributed by atoms with Crippen molar-refractivity contribution in [2.75, 3.05) is 5.32 Å². The van der Waals surface area contributed by atoms with Crippen LogP contribution in [0, 0.1) is 0 Å². The highest BCUT2D eigenvalue weighted by molar-refractivity contribution is 7.21. The Bertz CT molecular complexity index is 1030. The number of carbonyl (C=O) groups excluding carboxylic acids is 1. The summed E-state index contributed by atoms with van der Waals surface area (Å²) in [4.78, 5) is 16.6. The molecule has 1 aromatic heterocycles. The summed E-state index contributed by atoms with van der Waals surface area (Å²) >= 11 is 1.65. The first kappa shape index (κ1) is 16.3. The number of amides is 1. The first-order valence-electron chi connectivity index (χ1n) is 8.27. The number of benzene rings is 3. The molecule has 4 nitrogen and oxygen atoms in total. The van der Waals surface area contributed by atoms with Gasteiger partial charge in [0.25, 0.3) is 0 Å². The van der Waals surface area contributed by atoms with Crippen LogP contribution in [0.1, 0.15) is 11.6 Å². The predicted molar refractivity (Wildman–Crippen MR) is 107 cm³/mol. The summed E-state index contributed by atoms with van der Waals surface area (Å²) in [6.45, 7) is 0. The van der Waals surface area contributed by atoms with Crippen LogP contribution in [0.15, 0.2) is 78.9 Å². The van der Waals surface area contributed by atoms with Gasteiger partial charge in [0, 0.05) is 11.3 Å². The van der Waals surface area contributed by atoms with Gasteiger partial charge in [0.1, 0.15) is 11.0 Å². The molecule has 0 aliphatic heterocycles. The van der Waals surface area contributed by atoms with Gasteiger partial charge >= 0.3 is 0 Å². The number of carbonyl (C=O) groups is 1. The number of nitrogens with two attached hydrogens (primary N) is 1. The summed E-state index contributed by atoms with van der Waals surface area (Å²) in [5.74, 6) is -0.415. The molecule has 1 heterocycles. The van der Waals surface area contributed by atoms with Crippen LogP contribution in [0.3, 0.4) is 0 Å². The SMILES string of the molecule is NC(=O)[C@H](Nc1cccc(-c2nc3ccccc3s2)c1)c1ccccc1. The summed E-state index contributed by atoms with van der Waals surface area (Å²) < 4.78 is 1.15. The van der Waals surface area contributed by atoms with E-state index in [1.54, 1.807) is 11.3 Å². The number of nitrogens with zero attached hydrogens (tertiary/aromatic N) is 1. The third kappa shape index (κ3) is 3.30. The van der Waals surface area contributed by atoms with E-state index in [1.807, 2.05) is 72.8 Å². The van der Waals surface area contributed by atoms with Gasteiger partial charge in [-0.3, -0.25) is 4.79 Å². The number of anilines is 1. The van der Waals surface area contributed by atoms with E-state index in [2.05, 4.69) is 11.4 Å². The summed E-state index contributed by atoms with van der Waals surface area (Å²) in [6, 6.07) is 24.9. The maximum Gasteiger partial charge on any atom is 0.244 e. The lowest BCUT2D eigenvalue weighted by molar-refractivity contribution is -0.118. The molecule has 0 fully saturated rings. The van der Waals surface area contributed by atoms with E-state index in [0.29, 0.717) is 0 Å². The second-order valence-electron chi connectivity index (χ2n) is 5.96. The van der Waals surface area contributed by atoms with Gasteiger partial charge in [-0.25, -0.2) is 4.98 Å². The smallest absolute Gasteiger partial charge is 0.244 e. The standard InChI is InChI=1S/C21H17N3OS/c22-20(25)19(14-7-2-1-3-8-14)23-16-10-6-9-15(13-16)21-24-17-11-4-5-12-18(17)26-21/h1-13,19,23H,(H2,22,25)/t19-/m1/s1. The molecular weight excluding hydrogens is 342 g/mol. The summed E-state index contributed by atoms with van der Waals surface area (Å²) in [7, 11) is 0. The fourth-order valence-corrected chi connectivity index (χ4v) is 3.83. The van der Waals surface area contributed by atoms with E-state index in [9.17, 15) is 4.79 Å². The number of fused-ring (bicyclic) bond motifs is 1. The molecule has 1 atom stereocenters. The van der Waals surface area contributed by atoms with E-state index >= 15 is 0 Å². The molecule has 0 aliphatic carbocycles. The van der Waals surface area contributed by atoms with E-state index in [-0.39, 0.29) is 0 Å². The van der Waals surface area contributed by atoms with Crippen molar-refractivity contribution < 1.29 is 4.79 Å². The Morgan fingerprint density at radius 1 is 0.962 bits per heavy atom. The highest BCUT2D eigenvalue weighted by atomic mass is 32.1. The average molecular weight is 359 g/mol. The number of aromatic nitrogens is 1. The minimum Gasteiger partial charge on any atom is -0.370 e. The van der Waals surface area contributed by atoms with Crippen molar-refractivity contribution in [1.29, 1.82) is 0 Å². The molecule has 0 bridgehead atoms. The van der Waals surface area contributed by atoms with Crippen molar-refractivity contribution >= 4 is 33.1 Å². The summed E-state index contributed by atoms with van der Waals surface area (Å²) in [5, 5.41) is 4.19. The molecule has 26 heavy (non-hydrogen) atoms. The minimum absolute atomic E-state index is 0.415. The number of primary amides is 1. The van der Waals surface area contributed by atoms with Crippen LogP contribution in [-0.2, 0) is 4.79 Å². The number of thiazole rings is 1. The van der Waals surface area contributed by atoms with Gasteiger partial charge < -0.3 is 11.1 Å². The second kappa shape index (κ2) is 6.98. The van der Waals surface area contributed by atoms with Crippen molar-refractivity contribution in [2.45, 2.75) is 6.04 Å². The Labute approximate surface area is 155 Å². The van der Waals surface area contributed by atoms with Crippen LogP contribution >= 0.6 is 11.3 Å². The van der Waals surface area contributed by atoms with Crippen LogP contribution < -0.4 is 11.1 Å². The third-order valence-corrected chi connectivity index (χ3v) is 5.22. The normalized spacial score (nSPS) is 12.0. The average Bonchev–Trinajstić information content (AvgIpc) is 3.11. The summed E-state index contributed by atoms with van der Waals surface area (Å²) in [5.41, 5.74) is 9.27. The summed E-state index contributed by atoms with van der Waals surface area (Å²) in [6.07, 6.45) is 0. The number of hydrogen-bond acceptors (Lipinski definition) is 4. The molecule has 5 heteroatoms. The van der Waals surface area contributed by atoms with Gasteiger partial charge in [-0.2, -0.15) is 0 Å². The van der Waals surface area contributed by atoms with Gasteiger partial charge in [0.15, 0.2) is 0 Å². The largest absolute Gasteiger partial charge is 0.370 e. The molecular formula is C21H17N3OS. The molecule has 0 aliphatic rings. The number of hydrogen-bond donors (Lipinski definition) is 2. The van der Waals surface area contributed by atoms with Gasteiger partial charge in [0.05, 0.1) is 10.2 Å². The fraction of sp³-hybridized carbons (Fsp3) is 0.0476. The lowest BCUT2D eigenvalue weighted by atomic mass is 10.1. The van der Waals surface area contributed by atoms with E-state index < -0.39 is 11.9 Å². The zero-order chi connectivity index (χ0) is 17.9. The zero-order valence-corrected chi connectivity index (χ0v) is 14.7. The number of rotatable bonds is 5. The molecule has 0 radical (unpaired) electrons. The molecule has 1 amide bonds. The lowest BCUT2D eigenvalue weighted by Gasteiger charge is -2.17. The number of nitrogens with one attached hydrogen (secondary N) is 1. The van der Waals surface area contributed by atoms with Crippen LogP contribution in [0.2, 0.25) is 0 Å².